The minimum atomic E-state index is -1.79. The molecule has 12 atom stereocenters. The number of unbranched alkanes of at least 4 members (excludes halogenated alkanes) is 25. The maximum absolute atomic E-state index is 13.2. The van der Waals surface area contributed by atoms with Crippen molar-refractivity contribution in [2.24, 2.45) is 0 Å². The van der Waals surface area contributed by atoms with Crippen molar-refractivity contribution in [3.8, 4) is 0 Å². The maximum atomic E-state index is 13.2. The first-order chi connectivity index (χ1) is 31.6. The Labute approximate surface area is 392 Å². The van der Waals surface area contributed by atoms with Crippen LogP contribution in [0.15, 0.2) is 24.3 Å². The van der Waals surface area contributed by atoms with Crippen LogP contribution in [0, 0.1) is 0 Å². The zero-order valence-electron chi connectivity index (χ0n) is 40.5. The Morgan fingerprint density at radius 1 is 0.538 bits per heavy atom. The molecule has 14 heteroatoms. The summed E-state index contributed by atoms with van der Waals surface area (Å²) in [5.41, 5.74) is 0. The molecule has 0 aromatic heterocycles. The van der Waals surface area contributed by atoms with E-state index in [9.17, 15) is 45.6 Å². The molecule has 2 saturated heterocycles. The van der Waals surface area contributed by atoms with Crippen LogP contribution in [0.1, 0.15) is 200 Å². The number of hydrogen-bond donors (Lipinski definition) is 9. The summed E-state index contributed by atoms with van der Waals surface area (Å²) >= 11 is 0. The summed E-state index contributed by atoms with van der Waals surface area (Å²) in [5.74, 6) is -0.244. The summed E-state index contributed by atoms with van der Waals surface area (Å²) < 4.78 is 22.7. The minimum Gasteiger partial charge on any atom is -0.394 e. The van der Waals surface area contributed by atoms with Gasteiger partial charge in [-0.05, 0) is 44.9 Å². The van der Waals surface area contributed by atoms with E-state index in [0.717, 1.165) is 44.9 Å². The van der Waals surface area contributed by atoms with Crippen LogP contribution in [-0.4, -0.2) is 140 Å². The number of hydrogen-bond acceptors (Lipinski definition) is 13. The van der Waals surface area contributed by atoms with Crippen LogP contribution >= 0.6 is 0 Å². The Bertz CT molecular complexity index is 1190. The molecule has 2 aliphatic heterocycles. The fourth-order valence-corrected chi connectivity index (χ4v) is 8.58. The number of allylic oxidation sites excluding steroid dienone is 3. The highest BCUT2D eigenvalue weighted by molar-refractivity contribution is 5.76. The van der Waals surface area contributed by atoms with Gasteiger partial charge >= 0.3 is 0 Å². The smallest absolute Gasteiger partial charge is 0.220 e. The average molecular weight is 930 g/mol. The molecule has 1 amide bonds. The van der Waals surface area contributed by atoms with Crippen molar-refractivity contribution < 1.29 is 64.6 Å². The molecular weight excluding hydrogens is 835 g/mol. The summed E-state index contributed by atoms with van der Waals surface area (Å²) in [6.45, 7) is 2.77. The Hall–Kier alpha value is -1.53. The van der Waals surface area contributed by atoms with Gasteiger partial charge in [0.25, 0.3) is 0 Å². The van der Waals surface area contributed by atoms with E-state index in [0.29, 0.717) is 6.42 Å². The summed E-state index contributed by atoms with van der Waals surface area (Å²) in [6.07, 6.45) is 25.0. The van der Waals surface area contributed by atoms with E-state index < -0.39 is 86.8 Å². The Balaban J connectivity index is 1.83. The van der Waals surface area contributed by atoms with Crippen molar-refractivity contribution in [3.05, 3.63) is 24.3 Å². The van der Waals surface area contributed by atoms with Crippen molar-refractivity contribution in [2.75, 3.05) is 19.8 Å². The van der Waals surface area contributed by atoms with Gasteiger partial charge in [-0.1, -0.05) is 173 Å². The number of amides is 1. The van der Waals surface area contributed by atoms with E-state index in [2.05, 4.69) is 31.3 Å². The summed E-state index contributed by atoms with van der Waals surface area (Å²) in [5, 5.41) is 86.7. The lowest BCUT2D eigenvalue weighted by molar-refractivity contribution is -0.359. The number of nitrogens with one attached hydrogen (secondary N) is 1. The highest BCUT2D eigenvalue weighted by Crippen LogP contribution is 2.30. The molecule has 0 radical (unpaired) electrons. The second kappa shape index (κ2) is 38.3. The third-order valence-electron chi connectivity index (χ3n) is 12.9. The number of rotatable bonds is 40. The van der Waals surface area contributed by atoms with Gasteiger partial charge in [-0.25, -0.2) is 0 Å². The van der Waals surface area contributed by atoms with Crippen LogP contribution in [0.2, 0.25) is 0 Å². The first-order valence-electron chi connectivity index (χ1n) is 26.1. The molecule has 14 nitrogen and oxygen atoms in total. The topological polar surface area (TPSA) is 228 Å². The normalized spacial score (nSPS) is 27.2. The Kier molecular flexibility index (Phi) is 35.1. The predicted octanol–water partition coefficient (Wildman–Crippen LogP) is 6.94. The Morgan fingerprint density at radius 3 is 1.46 bits per heavy atom. The van der Waals surface area contributed by atoms with Gasteiger partial charge in [-0.2, -0.15) is 0 Å². The molecule has 0 aromatic rings. The largest absolute Gasteiger partial charge is 0.394 e. The average Bonchev–Trinajstić information content (AvgIpc) is 3.30. The second-order valence-corrected chi connectivity index (χ2v) is 18.6. The standard InChI is InChI=1S/C51H95NO13/c1-3-5-7-9-11-13-15-17-18-19-20-21-23-25-27-29-31-33-35-43(56)52-39(40(55)34-32-30-28-26-24-22-16-14-12-10-8-6-4-2)38-62-50-48(61)46(59)49(42(37-54)64-50)65-51-47(60)45(58)44(57)41(36-53)63-51/h18-19,32,34,39-42,44-51,53-55,57-61H,3-17,20-31,33,35-38H2,1-2H3,(H,52,56)/b19-18-,34-32+. The van der Waals surface area contributed by atoms with Gasteiger partial charge in [0, 0.05) is 6.42 Å². The monoisotopic (exact) mass is 930 g/mol. The zero-order valence-corrected chi connectivity index (χ0v) is 40.5. The van der Waals surface area contributed by atoms with E-state index in [4.69, 9.17) is 18.9 Å². The van der Waals surface area contributed by atoms with Gasteiger partial charge in [0.15, 0.2) is 12.6 Å². The lowest BCUT2D eigenvalue weighted by Crippen LogP contribution is -2.65. The predicted molar refractivity (Wildman–Crippen MR) is 254 cm³/mol. The van der Waals surface area contributed by atoms with E-state index in [-0.39, 0.29) is 18.9 Å². The van der Waals surface area contributed by atoms with E-state index in [1.807, 2.05) is 6.08 Å². The highest BCUT2D eigenvalue weighted by atomic mass is 16.7. The first kappa shape index (κ1) is 59.6. The zero-order chi connectivity index (χ0) is 47.5. The van der Waals surface area contributed by atoms with Crippen LogP contribution in [0.25, 0.3) is 0 Å². The number of aliphatic hydroxyl groups excluding tert-OH is 8. The molecule has 0 aromatic carbocycles. The number of ether oxygens (including phenoxy) is 4. The summed E-state index contributed by atoms with van der Waals surface area (Å²) in [7, 11) is 0. The highest BCUT2D eigenvalue weighted by Gasteiger charge is 2.51. The van der Waals surface area contributed by atoms with Crippen molar-refractivity contribution in [1.82, 2.24) is 5.32 Å². The van der Waals surface area contributed by atoms with Crippen LogP contribution in [0.4, 0.5) is 0 Å². The fourth-order valence-electron chi connectivity index (χ4n) is 8.58. The molecule has 0 bridgehead atoms. The van der Waals surface area contributed by atoms with Gasteiger partial charge in [0.1, 0.15) is 48.8 Å². The van der Waals surface area contributed by atoms with E-state index in [1.54, 1.807) is 6.08 Å². The van der Waals surface area contributed by atoms with Crippen molar-refractivity contribution in [3.63, 3.8) is 0 Å². The molecule has 0 spiro atoms. The second-order valence-electron chi connectivity index (χ2n) is 18.6. The van der Waals surface area contributed by atoms with Gasteiger partial charge in [0.2, 0.25) is 5.91 Å². The maximum Gasteiger partial charge on any atom is 0.220 e. The quantitative estimate of drug-likeness (QED) is 0.0225. The molecule has 382 valence electrons. The molecule has 2 aliphatic rings. The lowest BCUT2D eigenvalue weighted by atomic mass is 9.97. The summed E-state index contributed by atoms with van der Waals surface area (Å²) in [6, 6.07) is -0.913. The van der Waals surface area contributed by atoms with Crippen LogP contribution in [-0.2, 0) is 23.7 Å². The van der Waals surface area contributed by atoms with Crippen LogP contribution < -0.4 is 5.32 Å². The van der Waals surface area contributed by atoms with Crippen molar-refractivity contribution in [2.45, 2.75) is 274 Å². The Morgan fingerprint density at radius 2 is 0.969 bits per heavy atom. The SMILES string of the molecule is CCCCCCCCC/C=C\CCCCCCCCCC(=O)NC(COC1OC(CO)C(OC2OC(CO)C(O)C(O)C2O)C(O)C1O)C(O)/C=C/CCCCCCCCCCCCC. The number of aliphatic hydroxyl groups is 8. The third kappa shape index (κ3) is 25.6. The summed E-state index contributed by atoms with van der Waals surface area (Å²) in [4.78, 5) is 13.2. The van der Waals surface area contributed by atoms with Crippen molar-refractivity contribution >= 4 is 5.91 Å². The van der Waals surface area contributed by atoms with E-state index >= 15 is 0 Å². The molecule has 2 rings (SSSR count). The molecule has 65 heavy (non-hydrogen) atoms. The molecule has 9 N–H and O–H groups in total. The van der Waals surface area contributed by atoms with Crippen LogP contribution in [0.3, 0.4) is 0 Å². The van der Waals surface area contributed by atoms with Crippen molar-refractivity contribution in [1.29, 1.82) is 0 Å². The molecule has 12 unspecified atom stereocenters. The molecular formula is C51H95NO13. The molecule has 2 fully saturated rings. The minimum absolute atomic E-state index is 0.244. The van der Waals surface area contributed by atoms with Gasteiger partial charge in [0.05, 0.1) is 32.0 Å². The molecule has 0 aliphatic carbocycles. The van der Waals surface area contributed by atoms with Crippen LogP contribution in [0.5, 0.6) is 0 Å². The number of carbonyl (C=O) groups excluding carboxylic acids is 1. The fraction of sp³-hybridized carbons (Fsp3) is 0.902. The molecule has 0 saturated carbocycles. The van der Waals surface area contributed by atoms with E-state index in [1.165, 1.54) is 128 Å². The van der Waals surface area contributed by atoms with Gasteiger partial charge in [-0.15, -0.1) is 0 Å². The van der Waals surface area contributed by atoms with Gasteiger partial charge < -0.3 is 65.1 Å². The molecule has 2 heterocycles. The lowest BCUT2D eigenvalue weighted by Gasteiger charge is -2.46. The van der Waals surface area contributed by atoms with Gasteiger partial charge in [-0.3, -0.25) is 4.79 Å². The number of carbonyl (C=O) groups is 1. The first-order valence-corrected chi connectivity index (χ1v) is 26.1. The third-order valence-corrected chi connectivity index (χ3v) is 12.9.